The van der Waals surface area contributed by atoms with Crippen LogP contribution in [0.15, 0.2) is 55.3 Å². The number of amides is 1. The Morgan fingerprint density at radius 2 is 1.92 bits per heavy atom. The lowest BCUT2D eigenvalue weighted by molar-refractivity contribution is -0.137. The number of carbonyl (C=O) groups excluding carboxylic acids is 1. The van der Waals surface area contributed by atoms with Gasteiger partial charge in [0.2, 0.25) is 11.6 Å². The quantitative estimate of drug-likeness (QED) is 0.329. The highest BCUT2D eigenvalue weighted by atomic mass is 19.4. The standard InChI is InChI=1S/C26H23F3N4O3/c1-4-24(34)33-11-9-18(10-12-33)36-23-13-19-20(14-22(23)35-3)31-15-21(30-2)25(19)32-17-7-5-16(6-8-17)26(27,28)29/h4-8,13-15,18H,1,9-12H2,3H3,(H,31,32). The van der Waals surface area contributed by atoms with Gasteiger partial charge in [0.05, 0.1) is 30.4 Å². The topological polar surface area (TPSA) is 68.0 Å². The van der Waals surface area contributed by atoms with Crippen molar-refractivity contribution >= 4 is 33.9 Å². The second-order valence-electron chi connectivity index (χ2n) is 8.20. The van der Waals surface area contributed by atoms with Crippen molar-refractivity contribution in [3.63, 3.8) is 0 Å². The lowest BCUT2D eigenvalue weighted by Gasteiger charge is -2.31. The Bertz CT molecular complexity index is 1330. The molecule has 1 N–H and O–H groups in total. The molecule has 1 aromatic heterocycles. The molecule has 7 nitrogen and oxygen atoms in total. The Morgan fingerprint density at radius 3 is 2.50 bits per heavy atom. The van der Waals surface area contributed by atoms with Crippen LogP contribution in [0.2, 0.25) is 0 Å². The van der Waals surface area contributed by atoms with Gasteiger partial charge in [0, 0.05) is 49.3 Å². The number of nitrogens with one attached hydrogen (secondary N) is 1. The fraction of sp³-hybridized carbons (Fsp3) is 0.269. The van der Waals surface area contributed by atoms with Gasteiger partial charge < -0.3 is 19.7 Å². The van der Waals surface area contributed by atoms with Crippen LogP contribution in [0.3, 0.4) is 0 Å². The van der Waals surface area contributed by atoms with Crippen molar-refractivity contribution < 1.29 is 27.4 Å². The third-order valence-corrected chi connectivity index (χ3v) is 5.96. The smallest absolute Gasteiger partial charge is 0.416 e. The number of hydrogen-bond acceptors (Lipinski definition) is 5. The monoisotopic (exact) mass is 496 g/mol. The molecule has 2 aromatic carbocycles. The first-order valence-corrected chi connectivity index (χ1v) is 11.1. The molecule has 1 saturated heterocycles. The molecule has 0 bridgehead atoms. The molecule has 0 unspecified atom stereocenters. The minimum atomic E-state index is -4.44. The molecule has 1 aliphatic heterocycles. The van der Waals surface area contributed by atoms with Gasteiger partial charge in [0.1, 0.15) is 6.10 Å². The van der Waals surface area contributed by atoms with E-state index in [1.165, 1.54) is 31.5 Å². The molecule has 0 radical (unpaired) electrons. The van der Waals surface area contributed by atoms with E-state index in [9.17, 15) is 18.0 Å². The minimum Gasteiger partial charge on any atom is -0.493 e. The lowest BCUT2D eigenvalue weighted by Crippen LogP contribution is -2.41. The number of piperidine rings is 1. The fourth-order valence-electron chi connectivity index (χ4n) is 4.05. The predicted octanol–water partition coefficient (Wildman–Crippen LogP) is 6.11. The van der Waals surface area contributed by atoms with Crippen LogP contribution in [0.25, 0.3) is 15.7 Å². The Balaban J connectivity index is 1.66. The molecule has 1 amide bonds. The number of carbonyl (C=O) groups is 1. The number of hydrogen-bond donors (Lipinski definition) is 1. The van der Waals surface area contributed by atoms with Crippen LogP contribution < -0.4 is 14.8 Å². The van der Waals surface area contributed by atoms with Crippen molar-refractivity contribution in [2.24, 2.45) is 0 Å². The van der Waals surface area contributed by atoms with Gasteiger partial charge in [0.25, 0.3) is 0 Å². The molecule has 4 rings (SSSR count). The summed E-state index contributed by atoms with van der Waals surface area (Å²) < 4.78 is 50.6. The third kappa shape index (κ3) is 5.20. The highest BCUT2D eigenvalue weighted by Gasteiger charge is 2.30. The van der Waals surface area contributed by atoms with Crippen molar-refractivity contribution in [3.8, 4) is 11.5 Å². The van der Waals surface area contributed by atoms with E-state index in [0.717, 1.165) is 12.1 Å². The molecular weight excluding hydrogens is 473 g/mol. The van der Waals surface area contributed by atoms with Crippen LogP contribution in [-0.4, -0.2) is 42.1 Å². The SMILES string of the molecule is [C-]#[N+]c1cnc2cc(OC)c(OC3CCN(C(=O)C=C)CC3)cc2c1Nc1ccc(C(F)(F)F)cc1. The summed E-state index contributed by atoms with van der Waals surface area (Å²) in [6.45, 7) is 12.1. The lowest BCUT2D eigenvalue weighted by atomic mass is 10.1. The van der Waals surface area contributed by atoms with Crippen molar-refractivity contribution in [1.82, 2.24) is 9.88 Å². The summed E-state index contributed by atoms with van der Waals surface area (Å²) in [5, 5.41) is 3.62. The Hall–Kier alpha value is -4.26. The largest absolute Gasteiger partial charge is 0.493 e. The van der Waals surface area contributed by atoms with Crippen LogP contribution in [0.1, 0.15) is 18.4 Å². The first kappa shape index (κ1) is 24.9. The van der Waals surface area contributed by atoms with Gasteiger partial charge >= 0.3 is 6.18 Å². The average Bonchev–Trinajstić information content (AvgIpc) is 2.88. The number of halogens is 3. The zero-order chi connectivity index (χ0) is 25.9. The number of methoxy groups -OCH3 is 1. The maximum atomic E-state index is 12.9. The number of fused-ring (bicyclic) bond motifs is 1. The molecule has 0 aliphatic carbocycles. The van der Waals surface area contributed by atoms with Crippen LogP contribution >= 0.6 is 0 Å². The number of nitrogens with zero attached hydrogens (tertiary/aromatic N) is 3. The zero-order valence-electron chi connectivity index (χ0n) is 19.4. The van der Waals surface area contributed by atoms with E-state index in [1.54, 1.807) is 17.0 Å². The number of rotatable bonds is 6. The highest BCUT2D eigenvalue weighted by molar-refractivity contribution is 6.01. The predicted molar refractivity (Wildman–Crippen MR) is 130 cm³/mol. The van der Waals surface area contributed by atoms with E-state index in [-0.39, 0.29) is 17.7 Å². The molecule has 1 fully saturated rings. The van der Waals surface area contributed by atoms with Crippen molar-refractivity contribution in [2.45, 2.75) is 25.1 Å². The maximum Gasteiger partial charge on any atom is 0.416 e. The van der Waals surface area contributed by atoms with Crippen molar-refractivity contribution in [2.75, 3.05) is 25.5 Å². The molecule has 10 heteroatoms. The van der Waals surface area contributed by atoms with Gasteiger partial charge in [-0.1, -0.05) is 6.58 Å². The summed E-state index contributed by atoms with van der Waals surface area (Å²) in [4.78, 5) is 21.4. The summed E-state index contributed by atoms with van der Waals surface area (Å²) in [7, 11) is 1.51. The molecule has 0 spiro atoms. The first-order chi connectivity index (χ1) is 17.2. The van der Waals surface area contributed by atoms with Crippen LogP contribution in [-0.2, 0) is 11.0 Å². The number of anilines is 2. The summed E-state index contributed by atoms with van der Waals surface area (Å²) >= 11 is 0. The average molecular weight is 496 g/mol. The molecule has 2 heterocycles. The number of aromatic nitrogens is 1. The van der Waals surface area contributed by atoms with Gasteiger partial charge in [-0.2, -0.15) is 13.2 Å². The molecule has 36 heavy (non-hydrogen) atoms. The number of likely N-dealkylation sites (tertiary alicyclic amines) is 1. The second-order valence-corrected chi connectivity index (χ2v) is 8.20. The molecule has 3 aromatic rings. The molecule has 1 aliphatic rings. The van der Waals surface area contributed by atoms with E-state index in [4.69, 9.17) is 16.0 Å². The van der Waals surface area contributed by atoms with Gasteiger partial charge in [0.15, 0.2) is 11.5 Å². The molecule has 186 valence electrons. The van der Waals surface area contributed by atoms with Gasteiger partial charge in [-0.15, -0.1) is 0 Å². The minimum absolute atomic E-state index is 0.117. The van der Waals surface area contributed by atoms with Crippen LogP contribution in [0.5, 0.6) is 11.5 Å². The molecule has 0 atom stereocenters. The van der Waals surface area contributed by atoms with Gasteiger partial charge in [-0.05, 0) is 36.4 Å². The summed E-state index contributed by atoms with van der Waals surface area (Å²) in [6.07, 6.45) is -0.667. The maximum absolute atomic E-state index is 12.9. The number of pyridine rings is 1. The van der Waals surface area contributed by atoms with Crippen LogP contribution in [0.4, 0.5) is 30.2 Å². The van der Waals surface area contributed by atoms with E-state index in [1.807, 2.05) is 0 Å². The van der Waals surface area contributed by atoms with Gasteiger partial charge in [-0.3, -0.25) is 9.78 Å². The number of alkyl halides is 3. The van der Waals surface area contributed by atoms with E-state index in [0.29, 0.717) is 59.7 Å². The van der Waals surface area contributed by atoms with E-state index < -0.39 is 11.7 Å². The zero-order valence-corrected chi connectivity index (χ0v) is 19.4. The molecular formula is C26H23F3N4O3. The van der Waals surface area contributed by atoms with Crippen molar-refractivity contribution in [3.05, 3.63) is 72.2 Å². The summed E-state index contributed by atoms with van der Waals surface area (Å²) in [5.41, 5.74) is 0.744. The summed E-state index contributed by atoms with van der Waals surface area (Å²) in [6, 6.07) is 7.97. The second kappa shape index (κ2) is 10.2. The third-order valence-electron chi connectivity index (χ3n) is 5.96. The van der Waals surface area contributed by atoms with Crippen molar-refractivity contribution in [1.29, 1.82) is 0 Å². The number of benzene rings is 2. The van der Waals surface area contributed by atoms with E-state index in [2.05, 4.69) is 21.7 Å². The molecule has 0 saturated carbocycles. The Kier molecular flexibility index (Phi) is 7.01. The van der Waals surface area contributed by atoms with Gasteiger partial charge in [-0.25, -0.2) is 4.85 Å². The normalized spacial score (nSPS) is 14.2. The number of ether oxygens (including phenoxy) is 2. The first-order valence-electron chi connectivity index (χ1n) is 11.1. The Morgan fingerprint density at radius 1 is 1.22 bits per heavy atom. The van der Waals surface area contributed by atoms with Crippen LogP contribution in [0, 0.1) is 6.57 Å². The fourth-order valence-corrected chi connectivity index (χ4v) is 4.05. The van der Waals surface area contributed by atoms with E-state index >= 15 is 0 Å². The summed E-state index contributed by atoms with van der Waals surface area (Å²) in [5.74, 6) is 0.780. The Labute approximate surface area is 206 Å². The highest BCUT2D eigenvalue weighted by Crippen LogP contribution is 2.41.